The second kappa shape index (κ2) is 7.43. The van der Waals surface area contributed by atoms with E-state index in [0.717, 1.165) is 25.8 Å². The molecule has 3 nitrogen and oxygen atoms in total. The normalized spacial score (nSPS) is 10.7. The first-order valence-electron chi connectivity index (χ1n) is 6.80. The number of carbonyl (C=O) groups excluding carboxylic acids is 1. The van der Waals surface area contributed by atoms with Crippen LogP contribution in [0.4, 0.5) is 11.4 Å². The zero-order valence-electron chi connectivity index (χ0n) is 12.4. The maximum Gasteiger partial charge on any atom is 0.257 e. The van der Waals surface area contributed by atoms with Crippen LogP contribution in [-0.4, -0.2) is 5.91 Å². The Balaban J connectivity index is 2.49. The van der Waals surface area contributed by atoms with Gasteiger partial charge in [0.15, 0.2) is 0 Å². The second-order valence-corrected chi connectivity index (χ2v) is 7.38. The van der Waals surface area contributed by atoms with Crippen molar-refractivity contribution in [1.82, 2.24) is 0 Å². The number of halogens is 4. The molecule has 0 fully saturated rings. The summed E-state index contributed by atoms with van der Waals surface area (Å²) in [7, 11) is 0. The monoisotopic (exact) mass is 478 g/mol. The molecular weight excluding hydrogens is 467 g/mol. The molecule has 0 atom stereocenters. The molecule has 0 aliphatic rings. The van der Waals surface area contributed by atoms with Gasteiger partial charge >= 0.3 is 0 Å². The molecule has 2 rings (SSSR count). The van der Waals surface area contributed by atoms with E-state index in [1.165, 1.54) is 0 Å². The van der Waals surface area contributed by atoms with Crippen LogP contribution in [-0.2, 0) is 6.42 Å². The van der Waals surface area contributed by atoms with Crippen LogP contribution in [0.3, 0.4) is 0 Å². The number of carbonyl (C=O) groups is 1. The van der Waals surface area contributed by atoms with Crippen molar-refractivity contribution >= 4 is 72.3 Å². The number of benzene rings is 2. The molecule has 0 aliphatic carbocycles. The van der Waals surface area contributed by atoms with Crippen LogP contribution >= 0.6 is 55.1 Å². The van der Waals surface area contributed by atoms with Crippen molar-refractivity contribution in [2.24, 2.45) is 0 Å². The SMILES string of the molecule is CCc1c(Br)c(N)c(Br)c(C)c1NC(=O)c1ccc(Cl)cc1Cl. The van der Waals surface area contributed by atoms with Crippen molar-refractivity contribution in [1.29, 1.82) is 0 Å². The molecule has 0 aromatic heterocycles. The zero-order chi connectivity index (χ0) is 17.3. The average molecular weight is 481 g/mol. The minimum absolute atomic E-state index is 0.298. The molecule has 3 N–H and O–H groups in total. The first-order valence-corrected chi connectivity index (χ1v) is 9.14. The lowest BCUT2D eigenvalue weighted by atomic mass is 10.0. The van der Waals surface area contributed by atoms with Crippen LogP contribution in [0.1, 0.15) is 28.4 Å². The predicted molar refractivity (Wildman–Crippen MR) is 105 cm³/mol. The first-order chi connectivity index (χ1) is 10.8. The van der Waals surface area contributed by atoms with Gasteiger partial charge in [0, 0.05) is 19.7 Å². The topological polar surface area (TPSA) is 55.1 Å². The highest BCUT2D eigenvalue weighted by Gasteiger charge is 2.20. The van der Waals surface area contributed by atoms with E-state index in [4.69, 9.17) is 28.9 Å². The fraction of sp³-hybridized carbons (Fsp3) is 0.188. The van der Waals surface area contributed by atoms with Crippen LogP contribution in [0.5, 0.6) is 0 Å². The molecule has 2 aromatic rings. The highest BCUT2D eigenvalue weighted by molar-refractivity contribution is 9.11. The number of nitrogen functional groups attached to an aromatic ring is 1. The maximum atomic E-state index is 12.6. The number of rotatable bonds is 3. The van der Waals surface area contributed by atoms with Crippen molar-refractivity contribution in [2.75, 3.05) is 11.1 Å². The van der Waals surface area contributed by atoms with Gasteiger partial charge in [-0.3, -0.25) is 4.79 Å². The summed E-state index contributed by atoms with van der Waals surface area (Å²) in [4.78, 5) is 12.6. The van der Waals surface area contributed by atoms with Gasteiger partial charge in [-0.1, -0.05) is 30.1 Å². The summed E-state index contributed by atoms with van der Waals surface area (Å²) < 4.78 is 1.52. The predicted octanol–water partition coefficient (Wildman–Crippen LogP) is 6.22. The third kappa shape index (κ3) is 3.68. The molecule has 1 amide bonds. The zero-order valence-corrected chi connectivity index (χ0v) is 17.1. The van der Waals surface area contributed by atoms with Crippen molar-refractivity contribution in [3.63, 3.8) is 0 Å². The number of hydrogen-bond donors (Lipinski definition) is 2. The van der Waals surface area contributed by atoms with Crippen molar-refractivity contribution in [3.8, 4) is 0 Å². The Hall–Kier alpha value is -0.750. The van der Waals surface area contributed by atoms with Gasteiger partial charge in [-0.05, 0) is 74.5 Å². The largest absolute Gasteiger partial charge is 0.397 e. The molecule has 0 heterocycles. The number of hydrogen-bond acceptors (Lipinski definition) is 2. The van der Waals surface area contributed by atoms with Crippen molar-refractivity contribution in [2.45, 2.75) is 20.3 Å². The van der Waals surface area contributed by atoms with Gasteiger partial charge in [0.1, 0.15) is 0 Å². The summed E-state index contributed by atoms with van der Waals surface area (Å²) in [6.45, 7) is 3.89. The summed E-state index contributed by atoms with van der Waals surface area (Å²) in [6, 6.07) is 4.77. The van der Waals surface area contributed by atoms with Crippen LogP contribution in [0.15, 0.2) is 27.1 Å². The summed E-state index contributed by atoms with van der Waals surface area (Å²) in [6.07, 6.45) is 0.711. The molecule has 7 heteroatoms. The van der Waals surface area contributed by atoms with Crippen LogP contribution in [0.25, 0.3) is 0 Å². The Morgan fingerprint density at radius 3 is 2.48 bits per heavy atom. The van der Waals surface area contributed by atoms with Gasteiger partial charge in [0.25, 0.3) is 5.91 Å². The first kappa shape index (κ1) is 18.6. The number of nitrogens with one attached hydrogen (secondary N) is 1. The number of anilines is 2. The smallest absolute Gasteiger partial charge is 0.257 e. The summed E-state index contributed by atoms with van der Waals surface area (Å²) >= 11 is 18.9. The molecule has 0 aliphatic heterocycles. The lowest BCUT2D eigenvalue weighted by Crippen LogP contribution is -2.16. The van der Waals surface area contributed by atoms with Gasteiger partial charge in [-0.25, -0.2) is 0 Å². The van der Waals surface area contributed by atoms with Gasteiger partial charge in [-0.15, -0.1) is 0 Å². The highest BCUT2D eigenvalue weighted by atomic mass is 79.9. The van der Waals surface area contributed by atoms with E-state index in [9.17, 15) is 4.79 Å². The molecule has 0 saturated carbocycles. The molecular formula is C16H14Br2Cl2N2O. The molecule has 0 bridgehead atoms. The van der Waals surface area contributed by atoms with E-state index in [1.807, 2.05) is 13.8 Å². The third-order valence-electron chi connectivity index (χ3n) is 3.51. The number of amides is 1. The summed E-state index contributed by atoms with van der Waals surface area (Å²) in [5, 5.41) is 3.72. The third-order valence-corrected chi connectivity index (χ3v) is 5.99. The Bertz CT molecular complexity index is 794. The molecule has 0 spiro atoms. The van der Waals surface area contributed by atoms with Gasteiger partial charge in [-0.2, -0.15) is 0 Å². The Kier molecular flexibility index (Phi) is 6.00. The fourth-order valence-corrected chi connectivity index (χ4v) is 4.10. The van der Waals surface area contributed by atoms with E-state index in [0.29, 0.717) is 27.7 Å². The van der Waals surface area contributed by atoms with Gasteiger partial charge in [0.2, 0.25) is 0 Å². The molecule has 0 radical (unpaired) electrons. The molecule has 23 heavy (non-hydrogen) atoms. The molecule has 0 saturated heterocycles. The fourth-order valence-electron chi connectivity index (χ4n) is 2.26. The van der Waals surface area contributed by atoms with E-state index in [-0.39, 0.29) is 5.91 Å². The average Bonchev–Trinajstić information content (AvgIpc) is 2.50. The van der Waals surface area contributed by atoms with Crippen LogP contribution < -0.4 is 11.1 Å². The minimum atomic E-state index is -0.298. The number of nitrogens with two attached hydrogens (primary N) is 1. The Morgan fingerprint density at radius 2 is 1.91 bits per heavy atom. The minimum Gasteiger partial charge on any atom is -0.397 e. The van der Waals surface area contributed by atoms with E-state index >= 15 is 0 Å². The standard InChI is InChI=1S/C16H14Br2Cl2N2O/c1-3-9-13(18)14(21)12(17)7(2)15(9)22-16(23)10-5-4-8(19)6-11(10)20/h4-6H,3,21H2,1-2H3,(H,22,23). The van der Waals surface area contributed by atoms with Crippen LogP contribution in [0, 0.1) is 6.92 Å². The molecule has 0 unspecified atom stereocenters. The Labute approximate surface area is 161 Å². The highest BCUT2D eigenvalue weighted by Crippen LogP contribution is 2.41. The van der Waals surface area contributed by atoms with Crippen molar-refractivity contribution in [3.05, 3.63) is 53.9 Å². The van der Waals surface area contributed by atoms with Crippen LogP contribution in [0.2, 0.25) is 10.0 Å². The molecule has 122 valence electrons. The lowest BCUT2D eigenvalue weighted by molar-refractivity contribution is 0.102. The Morgan fingerprint density at radius 1 is 1.26 bits per heavy atom. The van der Waals surface area contributed by atoms with Crippen molar-refractivity contribution < 1.29 is 4.79 Å². The van der Waals surface area contributed by atoms with Gasteiger partial charge < -0.3 is 11.1 Å². The second-order valence-electron chi connectivity index (χ2n) is 4.95. The lowest BCUT2D eigenvalue weighted by Gasteiger charge is -2.19. The summed E-state index contributed by atoms with van der Waals surface area (Å²) in [5.74, 6) is -0.298. The maximum absolute atomic E-state index is 12.6. The van der Waals surface area contributed by atoms with E-state index < -0.39 is 0 Å². The van der Waals surface area contributed by atoms with E-state index in [2.05, 4.69) is 37.2 Å². The quantitative estimate of drug-likeness (QED) is 0.512. The van der Waals surface area contributed by atoms with E-state index in [1.54, 1.807) is 18.2 Å². The summed E-state index contributed by atoms with van der Waals surface area (Å²) in [5.41, 5.74) is 9.56. The van der Waals surface area contributed by atoms with Gasteiger partial charge in [0.05, 0.1) is 16.3 Å². The molecule has 2 aromatic carbocycles.